The van der Waals surface area contributed by atoms with E-state index < -0.39 is 6.10 Å². The number of nitrogens with zero attached hydrogens (tertiary/aromatic N) is 3. The van der Waals surface area contributed by atoms with Crippen molar-refractivity contribution in [2.75, 3.05) is 0 Å². The fraction of sp³-hybridized carbons (Fsp3) is 0.154. The summed E-state index contributed by atoms with van der Waals surface area (Å²) in [6, 6.07) is 22.4. The van der Waals surface area contributed by atoms with Crippen molar-refractivity contribution in [1.29, 1.82) is 0 Å². The lowest BCUT2D eigenvalue weighted by Gasteiger charge is -2.15. The topological polar surface area (TPSA) is 50.9 Å². The van der Waals surface area contributed by atoms with Crippen LogP contribution in [-0.2, 0) is 0 Å². The number of imidazole rings is 1. The van der Waals surface area contributed by atoms with Gasteiger partial charge < -0.3 is 5.11 Å². The van der Waals surface area contributed by atoms with Crippen LogP contribution >= 0.6 is 0 Å². The minimum atomic E-state index is -0.465. The Kier molecular flexibility index (Phi) is 4.11. The van der Waals surface area contributed by atoms with Gasteiger partial charge in [0, 0.05) is 16.6 Å². The molecule has 0 aliphatic heterocycles. The smallest absolute Gasteiger partial charge is 0.123 e. The lowest BCUT2D eigenvalue weighted by atomic mass is 9.98. The van der Waals surface area contributed by atoms with E-state index in [1.165, 1.54) is 12.1 Å². The molecule has 5 aromatic rings. The summed E-state index contributed by atoms with van der Waals surface area (Å²) in [5.41, 5.74) is 6.23. The average Bonchev–Trinajstić information content (AvgIpc) is 3.57. The number of halogens is 1. The van der Waals surface area contributed by atoms with E-state index in [2.05, 4.69) is 4.98 Å². The summed E-state index contributed by atoms with van der Waals surface area (Å²) < 4.78 is 15.2. The number of hydrogen-bond acceptors (Lipinski definition) is 3. The zero-order valence-electron chi connectivity index (χ0n) is 16.7. The second-order valence-electron chi connectivity index (χ2n) is 8.19. The normalized spacial score (nSPS) is 14.9. The molecular formula is C26H20FN3O. The van der Waals surface area contributed by atoms with Gasteiger partial charge in [0.2, 0.25) is 0 Å². The third-order valence-corrected chi connectivity index (χ3v) is 6.08. The van der Waals surface area contributed by atoms with Gasteiger partial charge in [-0.2, -0.15) is 0 Å². The van der Waals surface area contributed by atoms with E-state index in [0.717, 1.165) is 57.3 Å². The second-order valence-corrected chi connectivity index (χ2v) is 8.19. The van der Waals surface area contributed by atoms with Crippen LogP contribution in [0.15, 0.2) is 79.1 Å². The van der Waals surface area contributed by atoms with Gasteiger partial charge in [0.25, 0.3) is 0 Å². The van der Waals surface area contributed by atoms with Crippen LogP contribution < -0.4 is 0 Å². The molecule has 1 unspecified atom stereocenters. The maximum Gasteiger partial charge on any atom is 0.123 e. The Bertz CT molecular complexity index is 1420. The van der Waals surface area contributed by atoms with Crippen molar-refractivity contribution in [3.8, 4) is 16.9 Å². The van der Waals surface area contributed by atoms with Crippen molar-refractivity contribution in [1.82, 2.24) is 14.5 Å². The molecule has 0 spiro atoms. The van der Waals surface area contributed by atoms with Gasteiger partial charge in [-0.3, -0.25) is 4.57 Å². The summed E-state index contributed by atoms with van der Waals surface area (Å²) in [6.07, 6.45) is 3.42. The van der Waals surface area contributed by atoms with Crippen LogP contribution in [0.3, 0.4) is 0 Å². The third-order valence-electron chi connectivity index (χ3n) is 6.08. The molecule has 1 aliphatic rings. The van der Waals surface area contributed by atoms with Gasteiger partial charge in [-0.25, -0.2) is 14.4 Å². The molecule has 3 aromatic carbocycles. The largest absolute Gasteiger partial charge is 0.388 e. The summed E-state index contributed by atoms with van der Waals surface area (Å²) in [4.78, 5) is 9.42. The first-order valence-corrected chi connectivity index (χ1v) is 10.5. The van der Waals surface area contributed by atoms with Gasteiger partial charge in [0.1, 0.15) is 12.1 Å². The van der Waals surface area contributed by atoms with Gasteiger partial charge in [-0.1, -0.05) is 24.3 Å². The molecular weight excluding hydrogens is 389 g/mol. The van der Waals surface area contributed by atoms with E-state index in [0.29, 0.717) is 5.92 Å². The number of benzene rings is 3. The Balaban J connectivity index is 1.47. The van der Waals surface area contributed by atoms with Crippen LogP contribution in [-0.4, -0.2) is 19.6 Å². The summed E-state index contributed by atoms with van der Waals surface area (Å²) >= 11 is 0. The zero-order valence-corrected chi connectivity index (χ0v) is 16.7. The molecule has 1 atom stereocenters. The molecule has 6 rings (SSSR count). The van der Waals surface area contributed by atoms with Crippen molar-refractivity contribution in [3.05, 3.63) is 90.5 Å². The Morgan fingerprint density at radius 2 is 1.74 bits per heavy atom. The first-order chi connectivity index (χ1) is 15.2. The quantitative estimate of drug-likeness (QED) is 0.407. The highest BCUT2D eigenvalue weighted by Gasteiger charge is 2.32. The SMILES string of the molecule is OC(c1cc(-c2ccc3c(c2)ncn3-c2ccc(F)cc2)nc2ccccc12)C1CC1. The monoisotopic (exact) mass is 409 g/mol. The summed E-state index contributed by atoms with van der Waals surface area (Å²) in [5.74, 6) is 0.0783. The molecule has 152 valence electrons. The molecule has 1 N–H and O–H groups in total. The number of para-hydroxylation sites is 1. The zero-order chi connectivity index (χ0) is 20.9. The molecule has 0 bridgehead atoms. The van der Waals surface area contributed by atoms with Crippen molar-refractivity contribution in [2.24, 2.45) is 5.92 Å². The minimum absolute atomic E-state index is 0.262. The summed E-state index contributed by atoms with van der Waals surface area (Å²) in [7, 11) is 0. The van der Waals surface area contributed by atoms with E-state index >= 15 is 0 Å². The second kappa shape index (κ2) is 7.00. The Morgan fingerprint density at radius 1 is 0.935 bits per heavy atom. The Hall–Kier alpha value is -3.57. The van der Waals surface area contributed by atoms with Gasteiger partial charge in [0.15, 0.2) is 0 Å². The molecule has 2 aromatic heterocycles. The molecule has 1 fully saturated rings. The Morgan fingerprint density at radius 3 is 2.55 bits per heavy atom. The fourth-order valence-electron chi connectivity index (χ4n) is 4.24. The van der Waals surface area contributed by atoms with E-state index in [1.807, 2.05) is 53.1 Å². The predicted molar refractivity (Wildman–Crippen MR) is 119 cm³/mol. The molecule has 1 saturated carbocycles. The van der Waals surface area contributed by atoms with E-state index in [1.54, 1.807) is 18.5 Å². The van der Waals surface area contributed by atoms with Gasteiger partial charge in [0.05, 0.1) is 28.3 Å². The van der Waals surface area contributed by atoms with Gasteiger partial charge in [-0.05, 0) is 72.9 Å². The number of pyridine rings is 1. The van der Waals surface area contributed by atoms with Crippen LogP contribution in [0.1, 0.15) is 24.5 Å². The highest BCUT2D eigenvalue weighted by molar-refractivity contribution is 5.88. The molecule has 31 heavy (non-hydrogen) atoms. The number of aromatic nitrogens is 3. The first kappa shape index (κ1) is 18.2. The van der Waals surface area contributed by atoms with Crippen LogP contribution in [0.4, 0.5) is 4.39 Å². The lowest BCUT2D eigenvalue weighted by molar-refractivity contribution is 0.155. The predicted octanol–water partition coefficient (Wildman–Crippen LogP) is 5.82. The standard InChI is InChI=1S/C26H20FN3O/c27-18-8-10-19(11-9-18)30-15-28-24-13-17(7-12-25(24)30)23-14-21(26(31)16-5-6-16)20-3-1-2-4-22(20)29-23/h1-4,7-16,26,31H,5-6H2. The third kappa shape index (κ3) is 3.18. The van der Waals surface area contributed by atoms with E-state index in [-0.39, 0.29) is 5.82 Å². The average molecular weight is 409 g/mol. The van der Waals surface area contributed by atoms with Gasteiger partial charge >= 0.3 is 0 Å². The van der Waals surface area contributed by atoms with E-state index in [4.69, 9.17) is 4.98 Å². The number of fused-ring (bicyclic) bond motifs is 2. The summed E-state index contributed by atoms with van der Waals surface area (Å²) in [5, 5.41) is 11.9. The number of rotatable bonds is 4. The van der Waals surface area contributed by atoms with Crippen LogP contribution in [0, 0.1) is 11.7 Å². The lowest BCUT2D eigenvalue weighted by Crippen LogP contribution is -2.02. The molecule has 2 heterocycles. The molecule has 0 saturated heterocycles. The first-order valence-electron chi connectivity index (χ1n) is 10.5. The maximum atomic E-state index is 13.3. The fourth-order valence-corrected chi connectivity index (χ4v) is 4.24. The van der Waals surface area contributed by atoms with Crippen molar-refractivity contribution >= 4 is 21.9 Å². The van der Waals surface area contributed by atoms with Crippen LogP contribution in [0.5, 0.6) is 0 Å². The van der Waals surface area contributed by atoms with Crippen molar-refractivity contribution in [2.45, 2.75) is 18.9 Å². The Labute approximate surface area is 178 Å². The highest BCUT2D eigenvalue weighted by atomic mass is 19.1. The van der Waals surface area contributed by atoms with Crippen molar-refractivity contribution in [3.63, 3.8) is 0 Å². The maximum absolute atomic E-state index is 13.3. The van der Waals surface area contributed by atoms with E-state index in [9.17, 15) is 9.50 Å². The van der Waals surface area contributed by atoms with Crippen LogP contribution in [0.25, 0.3) is 38.9 Å². The van der Waals surface area contributed by atoms with Crippen LogP contribution in [0.2, 0.25) is 0 Å². The number of aliphatic hydroxyl groups excluding tert-OH is 1. The molecule has 0 radical (unpaired) electrons. The van der Waals surface area contributed by atoms with Gasteiger partial charge in [-0.15, -0.1) is 0 Å². The number of hydrogen-bond donors (Lipinski definition) is 1. The summed E-state index contributed by atoms with van der Waals surface area (Å²) in [6.45, 7) is 0. The highest BCUT2D eigenvalue weighted by Crippen LogP contribution is 2.43. The minimum Gasteiger partial charge on any atom is -0.388 e. The molecule has 5 heteroatoms. The molecule has 0 amide bonds. The number of aliphatic hydroxyl groups is 1. The molecule has 4 nitrogen and oxygen atoms in total. The van der Waals surface area contributed by atoms with Crippen molar-refractivity contribution < 1.29 is 9.50 Å². The molecule has 1 aliphatic carbocycles.